The second-order valence-corrected chi connectivity index (χ2v) is 7.17. The summed E-state index contributed by atoms with van der Waals surface area (Å²) < 4.78 is 0. The highest BCUT2D eigenvalue weighted by molar-refractivity contribution is 7.12. The molecular formula is C18H17N3O3S. The minimum Gasteiger partial charge on any atom is -0.391 e. The maximum absolute atomic E-state index is 12.8. The summed E-state index contributed by atoms with van der Waals surface area (Å²) in [6, 6.07) is 7.54. The average Bonchev–Trinajstić information content (AvgIpc) is 3.31. The molecule has 1 aromatic carbocycles. The van der Waals surface area contributed by atoms with Gasteiger partial charge in [0.2, 0.25) is 5.78 Å². The van der Waals surface area contributed by atoms with Crippen LogP contribution in [0.15, 0.2) is 35.8 Å². The zero-order chi connectivity index (χ0) is 17.6. The maximum atomic E-state index is 12.8. The van der Waals surface area contributed by atoms with E-state index in [1.165, 1.54) is 11.3 Å². The van der Waals surface area contributed by atoms with E-state index in [9.17, 15) is 14.7 Å². The van der Waals surface area contributed by atoms with Gasteiger partial charge >= 0.3 is 0 Å². The lowest BCUT2D eigenvalue weighted by Gasteiger charge is -2.19. The lowest BCUT2D eigenvalue weighted by molar-refractivity contribution is 0.0721. The van der Waals surface area contributed by atoms with Crippen LogP contribution in [-0.2, 0) is 0 Å². The number of hydrogen-bond acceptors (Lipinski definition) is 5. The van der Waals surface area contributed by atoms with Gasteiger partial charge in [0.05, 0.1) is 11.7 Å². The summed E-state index contributed by atoms with van der Waals surface area (Å²) in [4.78, 5) is 34.3. The molecule has 3 aromatic rings. The summed E-state index contributed by atoms with van der Waals surface area (Å²) in [6.07, 6.45) is 1.75. The molecule has 0 spiro atoms. The summed E-state index contributed by atoms with van der Waals surface area (Å²) >= 11 is 1.17. The number of aromatic amines is 1. The molecule has 0 radical (unpaired) electrons. The SMILES string of the molecule is C[C@@H]1C[C@@H](O)CN1C(=O)c1csc(C(=O)c2c[nH]c3ccccc23)n1. The normalized spacial score (nSPS) is 20.3. The molecule has 4 rings (SSSR count). The van der Waals surface area contributed by atoms with Crippen LogP contribution < -0.4 is 0 Å². The van der Waals surface area contributed by atoms with E-state index in [1.54, 1.807) is 16.5 Å². The number of nitrogens with zero attached hydrogens (tertiary/aromatic N) is 2. The number of H-pyrrole nitrogens is 1. The first kappa shape index (κ1) is 16.0. The zero-order valence-corrected chi connectivity index (χ0v) is 14.4. The van der Waals surface area contributed by atoms with Gasteiger partial charge < -0.3 is 15.0 Å². The topological polar surface area (TPSA) is 86.3 Å². The number of β-amino-alcohol motifs (C(OH)–C–C–N with tert-alkyl or cyclic N) is 1. The fourth-order valence-electron chi connectivity index (χ4n) is 3.28. The minimum atomic E-state index is -0.495. The number of hydrogen-bond donors (Lipinski definition) is 2. The third-order valence-corrected chi connectivity index (χ3v) is 5.41. The van der Waals surface area contributed by atoms with Crippen molar-refractivity contribution in [2.24, 2.45) is 0 Å². The van der Waals surface area contributed by atoms with E-state index in [-0.39, 0.29) is 23.4 Å². The summed E-state index contributed by atoms with van der Waals surface area (Å²) in [6.45, 7) is 2.21. The Bertz CT molecular complexity index is 961. The van der Waals surface area contributed by atoms with Crippen LogP contribution in [0.1, 0.15) is 39.2 Å². The Morgan fingerprint density at radius 2 is 2.16 bits per heavy atom. The van der Waals surface area contributed by atoms with Gasteiger partial charge in [0.25, 0.3) is 5.91 Å². The fraction of sp³-hybridized carbons (Fsp3) is 0.278. The van der Waals surface area contributed by atoms with E-state index in [0.717, 1.165) is 10.9 Å². The van der Waals surface area contributed by atoms with Crippen LogP contribution in [0.5, 0.6) is 0 Å². The second kappa shape index (κ2) is 6.09. The van der Waals surface area contributed by atoms with Gasteiger partial charge in [-0.05, 0) is 19.4 Å². The third-order valence-electron chi connectivity index (χ3n) is 4.56. The van der Waals surface area contributed by atoms with Gasteiger partial charge in [-0.1, -0.05) is 18.2 Å². The molecule has 6 nitrogen and oxygen atoms in total. The first-order valence-electron chi connectivity index (χ1n) is 8.10. The summed E-state index contributed by atoms with van der Waals surface area (Å²) in [5.41, 5.74) is 1.70. The number of rotatable bonds is 3. The Labute approximate surface area is 148 Å². The number of aliphatic hydroxyl groups is 1. The molecule has 0 bridgehead atoms. The number of likely N-dealkylation sites (tertiary alicyclic amines) is 1. The van der Waals surface area contributed by atoms with Crippen LogP contribution in [-0.4, -0.2) is 50.4 Å². The molecule has 0 aliphatic carbocycles. The summed E-state index contributed by atoms with van der Waals surface area (Å²) in [5, 5.41) is 12.5. The maximum Gasteiger partial charge on any atom is 0.273 e. The number of nitrogens with one attached hydrogen (secondary N) is 1. The highest BCUT2D eigenvalue weighted by atomic mass is 32.1. The van der Waals surface area contributed by atoms with Crippen LogP contribution in [0.2, 0.25) is 0 Å². The highest BCUT2D eigenvalue weighted by Crippen LogP contribution is 2.24. The van der Waals surface area contributed by atoms with Crippen molar-refractivity contribution in [2.45, 2.75) is 25.5 Å². The Kier molecular flexibility index (Phi) is 3.89. The van der Waals surface area contributed by atoms with E-state index in [1.807, 2.05) is 31.2 Å². The molecule has 1 fully saturated rings. The van der Waals surface area contributed by atoms with Crippen molar-refractivity contribution in [2.75, 3.05) is 6.54 Å². The molecule has 0 unspecified atom stereocenters. The molecule has 0 saturated carbocycles. The van der Waals surface area contributed by atoms with Gasteiger partial charge in [-0.3, -0.25) is 9.59 Å². The molecule has 128 valence electrons. The molecule has 2 N–H and O–H groups in total. The number of para-hydroxylation sites is 1. The Balaban J connectivity index is 1.61. The number of carbonyl (C=O) groups excluding carboxylic acids is 2. The number of ketones is 1. The molecule has 7 heteroatoms. The quantitative estimate of drug-likeness (QED) is 0.707. The van der Waals surface area contributed by atoms with Crippen molar-refractivity contribution >= 4 is 33.9 Å². The number of aliphatic hydroxyl groups excluding tert-OH is 1. The number of aromatic nitrogens is 2. The molecule has 1 aliphatic rings. The predicted octanol–water partition coefficient (Wildman–Crippen LogP) is 2.45. The van der Waals surface area contributed by atoms with Crippen molar-refractivity contribution < 1.29 is 14.7 Å². The molecule has 2 atom stereocenters. The average molecular weight is 355 g/mol. The monoisotopic (exact) mass is 355 g/mol. The van der Waals surface area contributed by atoms with Crippen LogP contribution >= 0.6 is 11.3 Å². The molecule has 1 saturated heterocycles. The van der Waals surface area contributed by atoms with Gasteiger partial charge in [0, 0.05) is 35.1 Å². The zero-order valence-electron chi connectivity index (χ0n) is 13.6. The van der Waals surface area contributed by atoms with Gasteiger partial charge in [-0.15, -0.1) is 11.3 Å². The number of carbonyl (C=O) groups is 2. The van der Waals surface area contributed by atoms with E-state index >= 15 is 0 Å². The van der Waals surface area contributed by atoms with Crippen molar-refractivity contribution in [1.82, 2.24) is 14.9 Å². The van der Waals surface area contributed by atoms with E-state index in [2.05, 4.69) is 9.97 Å². The Morgan fingerprint density at radius 3 is 2.92 bits per heavy atom. The Hall–Kier alpha value is -2.51. The minimum absolute atomic E-state index is 0.0306. The summed E-state index contributed by atoms with van der Waals surface area (Å²) in [5.74, 6) is -0.436. The molecule has 1 amide bonds. The van der Waals surface area contributed by atoms with Crippen LogP contribution in [0.25, 0.3) is 10.9 Å². The van der Waals surface area contributed by atoms with Gasteiger partial charge in [-0.25, -0.2) is 4.98 Å². The van der Waals surface area contributed by atoms with Crippen LogP contribution in [0, 0.1) is 0 Å². The summed E-state index contributed by atoms with van der Waals surface area (Å²) in [7, 11) is 0. The third kappa shape index (κ3) is 2.75. The van der Waals surface area contributed by atoms with Crippen molar-refractivity contribution in [3.8, 4) is 0 Å². The second-order valence-electron chi connectivity index (χ2n) is 6.31. The van der Waals surface area contributed by atoms with E-state index < -0.39 is 6.10 Å². The van der Waals surface area contributed by atoms with Gasteiger partial charge in [-0.2, -0.15) is 0 Å². The van der Waals surface area contributed by atoms with E-state index in [4.69, 9.17) is 0 Å². The number of fused-ring (bicyclic) bond motifs is 1. The Morgan fingerprint density at radius 1 is 1.36 bits per heavy atom. The van der Waals surface area contributed by atoms with Crippen LogP contribution in [0.3, 0.4) is 0 Å². The lowest BCUT2D eigenvalue weighted by Crippen LogP contribution is -2.34. The van der Waals surface area contributed by atoms with Crippen LogP contribution in [0.4, 0.5) is 0 Å². The first-order chi connectivity index (χ1) is 12.0. The van der Waals surface area contributed by atoms with Crippen molar-refractivity contribution in [3.63, 3.8) is 0 Å². The van der Waals surface area contributed by atoms with Gasteiger partial charge in [0.15, 0.2) is 5.01 Å². The number of thiazole rings is 1. The number of amides is 1. The molecule has 3 heterocycles. The molecule has 25 heavy (non-hydrogen) atoms. The smallest absolute Gasteiger partial charge is 0.273 e. The largest absolute Gasteiger partial charge is 0.391 e. The molecular weight excluding hydrogens is 338 g/mol. The van der Waals surface area contributed by atoms with E-state index in [0.29, 0.717) is 23.5 Å². The van der Waals surface area contributed by atoms with Gasteiger partial charge in [0.1, 0.15) is 5.69 Å². The highest BCUT2D eigenvalue weighted by Gasteiger charge is 2.33. The first-order valence-corrected chi connectivity index (χ1v) is 8.98. The lowest BCUT2D eigenvalue weighted by atomic mass is 10.1. The fourth-order valence-corrected chi connectivity index (χ4v) is 4.03. The van der Waals surface area contributed by atoms with Crippen molar-refractivity contribution in [1.29, 1.82) is 0 Å². The standard InChI is InChI=1S/C18H17N3O3S/c1-10-6-11(22)8-21(10)18(24)15-9-25-17(20-15)16(23)13-7-19-14-5-3-2-4-12(13)14/h2-5,7,9-11,19,22H,6,8H2,1H3/t10-,11-/m1/s1. The molecule has 2 aromatic heterocycles. The predicted molar refractivity (Wildman–Crippen MR) is 95.0 cm³/mol. The number of benzene rings is 1. The molecule has 1 aliphatic heterocycles. The van der Waals surface area contributed by atoms with Crippen molar-refractivity contribution in [3.05, 3.63) is 52.1 Å².